The SMILES string of the molecule is C.CC(C)(C)c1cc(-[n+]2[c-]n(-c3[c-]c(Oc4[c-]c5c(cc4)c4cc(-c6ccccc6)ccc4n5-c4cc(C(C)(C)C)ccn4)ccc3)c3ccccc32)cc(C(C)(C)C)c1.CC(C)(C)c1cc(-[n+]2cn(-c3cccc(Oc4ccc5c6cc(-c7ccccc7)ccc6n(-c6cc(C(C)(C)C)ccn6)c5c4)c3)c3ccccc32)cc(C(C)(C)C)c1.N#Cc1ccccc1.O=S(=O)([O-])C(F)(F)F.[2H][C-]=O.[Cl][Pt][Cl].[Pt]. The number of halogens is 5. The van der Waals surface area contributed by atoms with Gasteiger partial charge in [0.1, 0.15) is 34.5 Å². The van der Waals surface area contributed by atoms with Gasteiger partial charge in [0.05, 0.1) is 39.4 Å². The zero-order valence-corrected chi connectivity index (χ0v) is 88.0. The molecule has 0 saturated carbocycles. The first-order valence-electron chi connectivity index (χ1n) is 45.8. The van der Waals surface area contributed by atoms with Crippen LogP contribution in [0.3, 0.4) is 0 Å². The van der Waals surface area contributed by atoms with Gasteiger partial charge in [0.2, 0.25) is 0 Å². The second-order valence-electron chi connectivity index (χ2n) is 40.1. The number of fused-ring (bicyclic) bond motifs is 8. The second kappa shape index (κ2) is 43.7. The Morgan fingerprint density at radius 3 is 1.38 bits per heavy atom. The number of imidazole rings is 2. The maximum atomic E-state index is 10.7. The van der Waals surface area contributed by atoms with Crippen molar-refractivity contribution in [2.24, 2.45) is 0 Å². The molecular formula is C118H113Cl2F3N9O6Pt2S-3. The van der Waals surface area contributed by atoms with Crippen LogP contribution in [-0.2, 0) is 84.9 Å². The van der Waals surface area contributed by atoms with Crippen molar-refractivity contribution >= 4 is 101 Å². The standard InChI is InChI=1S/C54H53N4O.C54H50N4O.C7H5N.CHF3O3S.CHO.CH4.2ClH.2Pt/c2*1-52(2,3)38-26-27-55-51(32-38)58-47-25-22-37(36-16-11-10-12-17-36)28-46(47)45-24-23-44(34-50(45)58)59-43-19-15-18-41(33-43)56-35-57(49-21-14-13-20-48(49)56)42-30-39(53(4,5)6)29-40(31-42)54(7,8)9;8-6-7-4-2-1-3-5-7;2-1(3,4)8(5,6)7;1-2;;;;;/h10-35H,1-9H3;10-32H,1-9H3;1-5H;(H,5,6,7);1H;1H4;2*1H;;/q+1;-2;;;-1;;;;;+2/p-3/i;;;;1D;;;;;. The minimum Gasteiger partial charge on any atom is 0 e. The Kier molecular flexibility index (Phi) is 32.7. The number of aromatic nitrogens is 8. The maximum Gasteiger partial charge on any atom is 0 e. The number of rotatable bonds is 12. The van der Waals surface area contributed by atoms with Crippen LogP contribution >= 0.6 is 18.8 Å². The van der Waals surface area contributed by atoms with Gasteiger partial charge in [0.25, 0.3) is 12.7 Å². The molecule has 730 valence electrons. The molecule has 0 N–H and O–H groups in total. The molecule has 19 rings (SSSR count). The third-order valence-electron chi connectivity index (χ3n) is 24.0. The van der Waals surface area contributed by atoms with Crippen molar-refractivity contribution in [2.45, 2.75) is 170 Å². The third-order valence-corrected chi connectivity index (χ3v) is 24.6. The molecule has 15 nitrogen and oxygen atoms in total. The first-order valence-corrected chi connectivity index (χ1v) is 52.3. The van der Waals surface area contributed by atoms with E-state index in [1.165, 1.54) is 55.5 Å². The van der Waals surface area contributed by atoms with Gasteiger partial charge < -0.3 is 28.0 Å². The van der Waals surface area contributed by atoms with Gasteiger partial charge in [-0.25, -0.2) is 18.4 Å². The molecule has 19 aromatic rings. The van der Waals surface area contributed by atoms with Gasteiger partial charge >= 0.3 is 40.8 Å². The molecule has 0 saturated heterocycles. The number of hydrogen-bond acceptors (Lipinski definition) is 9. The number of ether oxygens (including phenoxy) is 2. The Morgan fingerprint density at radius 1 is 0.440 bits per heavy atom. The number of alkyl halides is 3. The molecule has 0 aliphatic rings. The van der Waals surface area contributed by atoms with Crippen LogP contribution in [0.4, 0.5) is 13.2 Å². The van der Waals surface area contributed by atoms with Crippen LogP contribution in [0.2, 0.25) is 0 Å². The third kappa shape index (κ3) is 24.7. The molecule has 141 heavy (non-hydrogen) atoms. The summed E-state index contributed by atoms with van der Waals surface area (Å²) in [6.07, 6.45) is 9.74. The van der Waals surface area contributed by atoms with E-state index >= 15 is 0 Å². The zero-order valence-electron chi connectivity index (χ0n) is 82.1. The number of benzene rings is 13. The summed E-state index contributed by atoms with van der Waals surface area (Å²) in [4.78, 5) is 18.2. The Labute approximate surface area is 857 Å². The van der Waals surface area contributed by atoms with Crippen LogP contribution in [0.5, 0.6) is 23.0 Å². The fraction of sp³-hybridized carbons (Fsp3) is 0.220. The number of nitrogens with zero attached hydrogens (tertiary/aromatic N) is 9. The Morgan fingerprint density at radius 2 is 0.879 bits per heavy atom. The maximum absolute atomic E-state index is 10.7. The summed E-state index contributed by atoms with van der Waals surface area (Å²) in [5.41, 5.74) is 19.9. The van der Waals surface area contributed by atoms with Crippen LogP contribution in [0.1, 0.15) is 172 Å². The first-order chi connectivity index (χ1) is 66.2. The fourth-order valence-corrected chi connectivity index (χ4v) is 16.4. The van der Waals surface area contributed by atoms with Crippen molar-refractivity contribution in [3.63, 3.8) is 0 Å². The van der Waals surface area contributed by atoms with E-state index in [0.717, 1.165) is 119 Å². The molecule has 0 radical (unpaired) electrons. The predicted octanol–water partition coefficient (Wildman–Crippen LogP) is 30.2. The van der Waals surface area contributed by atoms with Crippen molar-refractivity contribution in [3.05, 3.63) is 386 Å². The van der Waals surface area contributed by atoms with Crippen LogP contribution < -0.4 is 18.6 Å². The van der Waals surface area contributed by atoms with Crippen LogP contribution in [0, 0.1) is 29.8 Å². The van der Waals surface area contributed by atoms with E-state index in [9.17, 15) is 13.2 Å². The molecule has 0 aliphatic heterocycles. The van der Waals surface area contributed by atoms with E-state index in [2.05, 4.69) is 432 Å². The molecule has 6 aromatic heterocycles. The van der Waals surface area contributed by atoms with Gasteiger partial charge in [0.15, 0.2) is 21.2 Å². The first kappa shape index (κ1) is 105. The summed E-state index contributed by atoms with van der Waals surface area (Å²) in [6, 6.07) is 118. The van der Waals surface area contributed by atoms with E-state index in [1.54, 1.807) is 12.1 Å². The van der Waals surface area contributed by atoms with Gasteiger partial charge in [-0.1, -0.05) is 289 Å². The Balaban J connectivity index is 0.000000207. The topological polar surface area (TPSA) is 170 Å². The van der Waals surface area contributed by atoms with Gasteiger partial charge in [0, 0.05) is 73.4 Å². The molecule has 0 atom stereocenters. The molecule has 0 aliphatic carbocycles. The molecule has 0 bridgehead atoms. The number of pyridine rings is 2. The van der Waals surface area contributed by atoms with E-state index < -0.39 is 32.1 Å². The average Bonchev–Trinajstić information content (AvgIpc) is 1.58. The largest absolute Gasteiger partial charge is 0 e. The summed E-state index contributed by atoms with van der Waals surface area (Å²) in [5.74, 6) is 4.43. The zero-order chi connectivity index (χ0) is 101. The average molecular weight is 2300 g/mol. The minimum absolute atomic E-state index is 0. The van der Waals surface area contributed by atoms with E-state index in [4.69, 9.17) is 62.7 Å². The molecule has 0 spiro atoms. The van der Waals surface area contributed by atoms with Crippen LogP contribution in [-0.4, -0.2) is 53.5 Å². The van der Waals surface area contributed by atoms with Gasteiger partial charge in [-0.2, -0.15) is 47.1 Å². The summed E-state index contributed by atoms with van der Waals surface area (Å²) < 4.78 is 91.0. The van der Waals surface area contributed by atoms with Crippen molar-refractivity contribution < 1.29 is 88.5 Å². The summed E-state index contributed by atoms with van der Waals surface area (Å²) in [5, 5.41) is 12.8. The minimum atomic E-state index is -6.09. The second-order valence-corrected chi connectivity index (χ2v) is 44.8. The summed E-state index contributed by atoms with van der Waals surface area (Å²) in [6.45, 7) is 41.5. The van der Waals surface area contributed by atoms with E-state index in [1.807, 2.05) is 60.9 Å². The van der Waals surface area contributed by atoms with Crippen molar-refractivity contribution in [2.75, 3.05) is 0 Å². The monoisotopic (exact) mass is 2300 g/mol. The molecule has 6 heterocycles. The number of hydrogen-bond donors (Lipinski definition) is 0. The summed E-state index contributed by atoms with van der Waals surface area (Å²) >= 11 is -0.472. The van der Waals surface area contributed by atoms with Crippen molar-refractivity contribution in [1.29, 1.82) is 5.26 Å². The van der Waals surface area contributed by atoms with E-state index in [-0.39, 0.29) is 61.0 Å². The summed E-state index contributed by atoms with van der Waals surface area (Å²) in [7, 11) is 3.66. The normalized spacial score (nSPS) is 12.0. The molecule has 0 fully saturated rings. The number of carbonyl (C=O) groups excluding carboxylic acids is 1. The Bertz CT molecular complexity index is 7420. The van der Waals surface area contributed by atoms with Crippen LogP contribution in [0.25, 0.3) is 122 Å². The molecule has 13 aromatic carbocycles. The van der Waals surface area contributed by atoms with Gasteiger partial charge in [-0.3, -0.25) is 15.9 Å². The smallest absolute Gasteiger partial charge is 0 e. The molecule has 0 amide bonds. The van der Waals surface area contributed by atoms with Gasteiger partial charge in [-0.15, -0.1) is 29.7 Å². The molecule has 23 heteroatoms. The van der Waals surface area contributed by atoms with Crippen LogP contribution in [0.15, 0.2) is 328 Å². The number of nitriles is 1. The van der Waals surface area contributed by atoms with Crippen molar-refractivity contribution in [1.82, 2.24) is 28.2 Å². The van der Waals surface area contributed by atoms with E-state index in [0.29, 0.717) is 17.1 Å². The predicted molar refractivity (Wildman–Crippen MR) is 559 cm³/mol. The quantitative estimate of drug-likeness (QED) is 0.0380. The Hall–Kier alpha value is -12.9. The number of para-hydroxylation sites is 4. The fourth-order valence-electron chi connectivity index (χ4n) is 16.4. The molecule has 0 unspecified atom stereocenters. The van der Waals surface area contributed by atoms with Gasteiger partial charge in [-0.05, 0) is 214 Å². The molecular weight excluding hydrogens is 2190 g/mol. The van der Waals surface area contributed by atoms with Crippen molar-refractivity contribution in [3.8, 4) is 85.7 Å².